The maximum Gasteiger partial charge on any atom is 0.163 e. The van der Waals surface area contributed by atoms with Crippen molar-refractivity contribution >= 4 is 65.6 Å². The third-order valence-corrected chi connectivity index (χ3v) is 9.02. The Balaban J connectivity index is 1.37. The number of fused-ring (bicyclic) bond motifs is 11. The lowest BCUT2D eigenvalue weighted by Gasteiger charge is -2.13. The van der Waals surface area contributed by atoms with Crippen molar-refractivity contribution in [3.05, 3.63) is 146 Å². The van der Waals surface area contributed by atoms with E-state index in [1.54, 1.807) is 0 Å². The number of hydrogen-bond donors (Lipinski definition) is 0. The van der Waals surface area contributed by atoms with Crippen LogP contribution < -0.4 is 0 Å². The maximum atomic E-state index is 6.57. The van der Waals surface area contributed by atoms with Crippen molar-refractivity contribution in [2.75, 3.05) is 0 Å². The number of hydrogen-bond acceptors (Lipinski definition) is 4. The number of benzene rings is 6. The Bertz CT molecular complexity index is 2800. The van der Waals surface area contributed by atoms with Gasteiger partial charge in [-0.2, -0.15) is 0 Å². The van der Waals surface area contributed by atoms with Crippen molar-refractivity contribution in [2.45, 2.75) is 0 Å². The molecule has 0 unspecified atom stereocenters. The van der Waals surface area contributed by atoms with Crippen LogP contribution in [0.4, 0.5) is 0 Å². The topological polar surface area (TPSA) is 56.7 Å². The molecule has 0 saturated carbocycles. The normalized spacial score (nSPS) is 11.9. The van der Waals surface area contributed by atoms with Crippen LogP contribution in [0, 0.1) is 0 Å². The smallest absolute Gasteiger partial charge is 0.163 e. The zero-order chi connectivity index (χ0) is 30.2. The van der Waals surface area contributed by atoms with E-state index in [1.807, 2.05) is 48.7 Å². The van der Waals surface area contributed by atoms with E-state index in [1.165, 1.54) is 5.39 Å². The molecule has 10 rings (SSSR count). The van der Waals surface area contributed by atoms with Gasteiger partial charge in [-0.15, -0.1) is 0 Å². The van der Waals surface area contributed by atoms with Crippen LogP contribution in [-0.2, 0) is 0 Å². The zero-order valence-corrected chi connectivity index (χ0v) is 24.6. The van der Waals surface area contributed by atoms with Crippen LogP contribution in [0.5, 0.6) is 0 Å². The quantitative estimate of drug-likeness (QED) is 0.206. The second kappa shape index (κ2) is 9.58. The molecule has 10 aromatic rings. The Labute approximate surface area is 263 Å². The molecule has 214 valence electrons. The summed E-state index contributed by atoms with van der Waals surface area (Å²) in [5.74, 6) is 0.710. The van der Waals surface area contributed by atoms with Crippen LogP contribution in [0.2, 0.25) is 0 Å². The Kier molecular flexibility index (Phi) is 5.22. The monoisotopic (exact) mass is 588 g/mol. The fourth-order valence-electron chi connectivity index (χ4n) is 7.04. The lowest BCUT2D eigenvalue weighted by atomic mass is 10.0. The molecule has 4 heterocycles. The Morgan fingerprint density at radius 3 is 2.11 bits per heavy atom. The van der Waals surface area contributed by atoms with Crippen molar-refractivity contribution in [3.63, 3.8) is 0 Å². The Morgan fingerprint density at radius 1 is 0.543 bits per heavy atom. The van der Waals surface area contributed by atoms with E-state index in [4.69, 9.17) is 19.4 Å². The molecule has 0 aliphatic carbocycles. The minimum Gasteiger partial charge on any atom is -0.454 e. The summed E-state index contributed by atoms with van der Waals surface area (Å²) < 4.78 is 8.94. The molecular weight excluding hydrogens is 564 g/mol. The van der Waals surface area contributed by atoms with Crippen LogP contribution in [-0.4, -0.2) is 19.5 Å². The average molecular weight is 589 g/mol. The lowest BCUT2D eigenvalue weighted by Crippen LogP contribution is -1.98. The van der Waals surface area contributed by atoms with Gasteiger partial charge in [-0.1, -0.05) is 103 Å². The average Bonchev–Trinajstić information content (AvgIpc) is 3.68. The molecule has 4 aromatic heterocycles. The number of para-hydroxylation sites is 2. The summed E-state index contributed by atoms with van der Waals surface area (Å²) in [5, 5.41) is 6.52. The molecule has 5 heteroatoms. The largest absolute Gasteiger partial charge is 0.454 e. The van der Waals surface area contributed by atoms with Crippen molar-refractivity contribution in [1.29, 1.82) is 0 Å². The third-order valence-electron chi connectivity index (χ3n) is 9.02. The number of rotatable bonds is 3. The molecule has 0 amide bonds. The molecule has 0 saturated heterocycles. The van der Waals surface area contributed by atoms with Gasteiger partial charge in [0, 0.05) is 49.9 Å². The molecule has 6 aromatic carbocycles. The highest BCUT2D eigenvalue weighted by Crippen LogP contribution is 2.45. The molecular formula is C41H24N4O. The SMILES string of the molecule is c1ccc(-c2nc(-c3ccccc3)c3cc(-n4c5ccccc5c5c6cccnc6c6oc7ccccc7c6c54)ccc3n2)cc1. The molecule has 0 radical (unpaired) electrons. The molecule has 0 atom stereocenters. The van der Waals surface area contributed by atoms with Gasteiger partial charge >= 0.3 is 0 Å². The van der Waals surface area contributed by atoms with Gasteiger partial charge in [-0.25, -0.2) is 9.97 Å². The number of aromatic nitrogens is 4. The van der Waals surface area contributed by atoms with E-state index in [0.29, 0.717) is 5.82 Å². The highest BCUT2D eigenvalue weighted by atomic mass is 16.3. The van der Waals surface area contributed by atoms with Crippen molar-refractivity contribution < 1.29 is 4.42 Å². The maximum absolute atomic E-state index is 6.57. The molecule has 0 fully saturated rings. The first-order valence-electron chi connectivity index (χ1n) is 15.4. The summed E-state index contributed by atoms with van der Waals surface area (Å²) in [7, 11) is 0. The first-order valence-corrected chi connectivity index (χ1v) is 15.4. The zero-order valence-electron chi connectivity index (χ0n) is 24.6. The van der Waals surface area contributed by atoms with Crippen molar-refractivity contribution in [2.24, 2.45) is 0 Å². The number of nitrogens with zero attached hydrogens (tertiary/aromatic N) is 4. The summed E-state index contributed by atoms with van der Waals surface area (Å²) in [4.78, 5) is 15.1. The van der Waals surface area contributed by atoms with Crippen LogP contribution in [0.1, 0.15) is 0 Å². The minimum atomic E-state index is 0.710. The molecule has 0 bridgehead atoms. The highest BCUT2D eigenvalue weighted by Gasteiger charge is 2.24. The van der Waals surface area contributed by atoms with Gasteiger partial charge in [-0.3, -0.25) is 4.98 Å². The fraction of sp³-hybridized carbons (Fsp3) is 0. The highest BCUT2D eigenvalue weighted by molar-refractivity contribution is 6.34. The van der Waals surface area contributed by atoms with Crippen LogP contribution >= 0.6 is 0 Å². The molecule has 46 heavy (non-hydrogen) atoms. The van der Waals surface area contributed by atoms with Gasteiger partial charge in [0.05, 0.1) is 27.6 Å². The van der Waals surface area contributed by atoms with Crippen molar-refractivity contribution in [1.82, 2.24) is 19.5 Å². The van der Waals surface area contributed by atoms with Crippen LogP contribution in [0.25, 0.3) is 93.9 Å². The van der Waals surface area contributed by atoms with E-state index < -0.39 is 0 Å². The molecule has 0 aliphatic heterocycles. The first kappa shape index (κ1) is 25.0. The summed E-state index contributed by atoms with van der Waals surface area (Å²) >= 11 is 0. The third kappa shape index (κ3) is 3.54. The minimum absolute atomic E-state index is 0.710. The van der Waals surface area contributed by atoms with Gasteiger partial charge in [0.1, 0.15) is 11.1 Å². The molecule has 0 spiro atoms. The second-order valence-corrected chi connectivity index (χ2v) is 11.6. The number of furan rings is 1. The Hall–Kier alpha value is -6.33. The molecule has 0 N–H and O–H groups in total. The standard InChI is InChI=1S/C41H24N4O/c1-3-12-25(13-4-1)37-31-24-27(21-22-32(31)43-41(44-37)26-14-5-2-6-15-26)45-33-19-9-7-16-28(33)35-30-18-11-23-42-38(30)40-36(39(35)45)29-17-8-10-20-34(29)46-40/h1-24H. The second-order valence-electron chi connectivity index (χ2n) is 11.6. The fourth-order valence-corrected chi connectivity index (χ4v) is 7.04. The summed E-state index contributed by atoms with van der Waals surface area (Å²) in [6.45, 7) is 0. The summed E-state index contributed by atoms with van der Waals surface area (Å²) in [5.41, 5.74) is 9.60. The summed E-state index contributed by atoms with van der Waals surface area (Å²) in [6, 6.07) is 48.1. The van der Waals surface area contributed by atoms with Gasteiger partial charge in [0.25, 0.3) is 0 Å². The predicted octanol–water partition coefficient (Wildman–Crippen LogP) is 10.5. The van der Waals surface area contributed by atoms with Gasteiger partial charge in [0.2, 0.25) is 0 Å². The predicted molar refractivity (Wildman–Crippen MR) is 187 cm³/mol. The van der Waals surface area contributed by atoms with Gasteiger partial charge in [-0.05, 0) is 36.4 Å². The summed E-state index contributed by atoms with van der Waals surface area (Å²) in [6.07, 6.45) is 1.85. The number of pyridine rings is 1. The van der Waals surface area contributed by atoms with E-state index >= 15 is 0 Å². The lowest BCUT2D eigenvalue weighted by molar-refractivity contribution is 0.672. The molecule has 5 nitrogen and oxygen atoms in total. The van der Waals surface area contributed by atoms with E-state index in [-0.39, 0.29) is 0 Å². The molecule has 0 aliphatic rings. The van der Waals surface area contributed by atoms with Crippen LogP contribution in [0.15, 0.2) is 150 Å². The first-order chi connectivity index (χ1) is 22.8. The van der Waals surface area contributed by atoms with E-state index in [0.717, 1.165) is 82.7 Å². The van der Waals surface area contributed by atoms with Crippen molar-refractivity contribution in [3.8, 4) is 28.3 Å². The van der Waals surface area contributed by atoms with E-state index in [9.17, 15) is 0 Å². The van der Waals surface area contributed by atoms with E-state index in [2.05, 4.69) is 102 Å². The van der Waals surface area contributed by atoms with Crippen LogP contribution in [0.3, 0.4) is 0 Å². The van der Waals surface area contributed by atoms with Gasteiger partial charge in [0.15, 0.2) is 11.4 Å². The van der Waals surface area contributed by atoms with Gasteiger partial charge < -0.3 is 8.98 Å². The Morgan fingerprint density at radius 2 is 1.26 bits per heavy atom.